The summed E-state index contributed by atoms with van der Waals surface area (Å²) in [7, 11) is -1.97. The van der Waals surface area contributed by atoms with Gasteiger partial charge >= 0.3 is 0 Å². The molecule has 8 rings (SSSR count). The molecular weight excluding hydrogens is 827 g/mol. The molecular formula is C43H47N13O6S. The van der Waals surface area contributed by atoms with Crippen molar-refractivity contribution in [2.75, 3.05) is 72.2 Å². The fourth-order valence-corrected chi connectivity index (χ4v) is 7.29. The number of pyridine rings is 4. The van der Waals surface area contributed by atoms with Crippen LogP contribution in [0.1, 0.15) is 19.4 Å². The Labute approximate surface area is 361 Å². The van der Waals surface area contributed by atoms with Crippen molar-refractivity contribution in [2.24, 2.45) is 5.14 Å². The van der Waals surface area contributed by atoms with E-state index in [0.717, 1.165) is 41.1 Å². The Hall–Kier alpha value is -7.42. The number of nitrogens with zero attached hydrogens (tertiary/aromatic N) is 5. The fourth-order valence-electron chi connectivity index (χ4n) is 6.90. The minimum atomic E-state index is -3.59. The summed E-state index contributed by atoms with van der Waals surface area (Å²) >= 11 is 0. The number of hydrogen-bond acceptors (Lipinski definition) is 15. The van der Waals surface area contributed by atoms with Crippen LogP contribution in [0.4, 0.5) is 40.5 Å². The van der Waals surface area contributed by atoms with Crippen LogP contribution in [-0.2, 0) is 25.0 Å². The maximum Gasteiger partial charge on any atom is 0.259 e. The fraction of sp³-hybridized carbons (Fsp3) is 0.233. The number of nitrogens with one attached hydrogen (secondary N) is 6. The SMILES string of the molecule is CNC(=O)C(C)(C)c1ccc(Nc2nc(-c3cnc(N)nc3)cc3cc[nH]c(=O)c23)cc1.NS(=O)(=O)CCNc1cc2cc[nH]c(=O)c2c(Nc2ccc(N3CCOCC3)cc2)n1. The van der Waals surface area contributed by atoms with Gasteiger partial charge in [-0.2, -0.15) is 0 Å². The third-order valence-electron chi connectivity index (χ3n) is 10.3. The standard InChI is InChI=1S/C23H23N7O2.C20H24N6O4S/c1-23(2,21(32)25-3)15-4-6-16(7-5-15)29-19-18-13(8-9-26-20(18)31)10-17(30-19)14-11-27-22(24)28-12-14;21-31(28,29)12-7-22-17-13-14-5-6-23-20(27)18(14)19(25-17)24-15-1-3-16(4-2-15)26-8-10-30-11-9-26/h4-12H,1-3H3,(H,25,32)(H,26,31)(H,29,30)(H2,24,27,28);1-6,13H,7-12H2,(H,23,27)(H2,21,28,29)(H2,22,24,25). The minimum Gasteiger partial charge on any atom is -0.378 e. The zero-order valence-corrected chi connectivity index (χ0v) is 35.5. The van der Waals surface area contributed by atoms with Gasteiger partial charge in [-0.1, -0.05) is 12.1 Å². The van der Waals surface area contributed by atoms with Gasteiger partial charge < -0.3 is 46.6 Å². The lowest BCUT2D eigenvalue weighted by Crippen LogP contribution is -2.37. The van der Waals surface area contributed by atoms with Gasteiger partial charge in [0.2, 0.25) is 21.9 Å². The number of rotatable bonds is 12. The number of fused-ring (bicyclic) bond motifs is 2. The highest BCUT2D eigenvalue weighted by Crippen LogP contribution is 2.30. The number of anilines is 7. The van der Waals surface area contributed by atoms with Crippen LogP contribution >= 0.6 is 0 Å². The number of nitrogens with two attached hydrogens (primary N) is 2. The number of benzene rings is 2. The Balaban J connectivity index is 0.000000189. The molecule has 1 amide bonds. The number of likely N-dealkylation sites (N-methyl/N-ethyl adjacent to an activating group) is 1. The first kappa shape index (κ1) is 43.7. The summed E-state index contributed by atoms with van der Waals surface area (Å²) in [5.74, 6) is 1.08. The lowest BCUT2D eigenvalue weighted by Gasteiger charge is -2.28. The van der Waals surface area contributed by atoms with E-state index in [1.165, 1.54) is 0 Å². The first-order valence-corrected chi connectivity index (χ1v) is 21.6. The van der Waals surface area contributed by atoms with E-state index in [-0.39, 0.29) is 35.3 Å². The van der Waals surface area contributed by atoms with Gasteiger partial charge in [0.1, 0.15) is 17.5 Å². The van der Waals surface area contributed by atoms with Crippen LogP contribution in [0.2, 0.25) is 0 Å². The number of H-pyrrole nitrogens is 2. The van der Waals surface area contributed by atoms with Crippen molar-refractivity contribution < 1.29 is 17.9 Å². The van der Waals surface area contributed by atoms with E-state index >= 15 is 0 Å². The van der Waals surface area contributed by atoms with Crippen LogP contribution in [0, 0.1) is 0 Å². The van der Waals surface area contributed by atoms with Gasteiger partial charge in [0, 0.05) is 74.1 Å². The van der Waals surface area contributed by atoms with Gasteiger partial charge in [0.15, 0.2) is 0 Å². The average molecular weight is 874 g/mol. The molecule has 0 aliphatic carbocycles. The van der Waals surface area contributed by atoms with Crippen LogP contribution in [0.5, 0.6) is 0 Å². The molecule has 20 heteroatoms. The normalized spacial score (nSPS) is 12.9. The number of aromatic amines is 2. The predicted molar refractivity (Wildman–Crippen MR) is 246 cm³/mol. The Morgan fingerprint density at radius 1 is 0.825 bits per heavy atom. The highest BCUT2D eigenvalue weighted by Gasteiger charge is 2.28. The van der Waals surface area contributed by atoms with E-state index < -0.39 is 15.4 Å². The van der Waals surface area contributed by atoms with E-state index in [1.54, 1.807) is 56.1 Å². The monoisotopic (exact) mass is 873 g/mol. The van der Waals surface area contributed by atoms with Crippen LogP contribution < -0.4 is 48.2 Å². The Bertz CT molecular complexity index is 2970. The van der Waals surface area contributed by atoms with Crippen molar-refractivity contribution in [1.82, 2.24) is 35.2 Å². The number of carbonyl (C=O) groups is 1. The van der Waals surface area contributed by atoms with E-state index in [1.807, 2.05) is 62.4 Å². The number of hydrogen-bond donors (Lipinski definition) is 8. The van der Waals surface area contributed by atoms with Crippen LogP contribution in [0.15, 0.2) is 107 Å². The number of primary sulfonamides is 1. The molecule has 1 aliphatic rings. The number of amides is 1. The van der Waals surface area contributed by atoms with E-state index in [4.69, 9.17) is 15.6 Å². The maximum atomic E-state index is 12.6. The second kappa shape index (κ2) is 18.7. The van der Waals surface area contributed by atoms with Crippen molar-refractivity contribution in [3.8, 4) is 11.3 Å². The molecule has 0 saturated carbocycles. The summed E-state index contributed by atoms with van der Waals surface area (Å²) < 4.78 is 27.7. The molecule has 7 aromatic rings. The topological polar surface area (TPSA) is 281 Å². The quantitative estimate of drug-likeness (QED) is 0.0864. The van der Waals surface area contributed by atoms with Gasteiger partial charge in [0.05, 0.1) is 40.8 Å². The van der Waals surface area contributed by atoms with Crippen molar-refractivity contribution in [3.05, 3.63) is 124 Å². The van der Waals surface area contributed by atoms with E-state index in [2.05, 4.69) is 56.1 Å². The first-order valence-electron chi connectivity index (χ1n) is 19.8. The highest BCUT2D eigenvalue weighted by atomic mass is 32.2. The number of ether oxygens (including phenoxy) is 1. The second-order valence-corrected chi connectivity index (χ2v) is 16.8. The van der Waals surface area contributed by atoms with E-state index in [9.17, 15) is 22.8 Å². The summed E-state index contributed by atoms with van der Waals surface area (Å²) in [4.78, 5) is 62.0. The molecule has 0 bridgehead atoms. The van der Waals surface area contributed by atoms with Crippen LogP contribution in [-0.4, -0.2) is 89.9 Å². The van der Waals surface area contributed by atoms with Crippen molar-refractivity contribution in [1.29, 1.82) is 0 Å². The lowest BCUT2D eigenvalue weighted by atomic mass is 9.83. The molecule has 0 atom stereocenters. The van der Waals surface area contributed by atoms with Crippen molar-refractivity contribution in [2.45, 2.75) is 19.3 Å². The second-order valence-electron chi connectivity index (χ2n) is 15.1. The highest BCUT2D eigenvalue weighted by molar-refractivity contribution is 7.89. The molecule has 2 aromatic carbocycles. The summed E-state index contributed by atoms with van der Waals surface area (Å²) in [5.41, 5.74) is 9.13. The van der Waals surface area contributed by atoms with Gasteiger partial charge in [-0.15, -0.1) is 0 Å². The van der Waals surface area contributed by atoms with Gasteiger partial charge in [-0.25, -0.2) is 33.5 Å². The summed E-state index contributed by atoms with van der Waals surface area (Å²) in [6, 6.07) is 22.4. The Morgan fingerprint density at radius 3 is 1.95 bits per heavy atom. The summed E-state index contributed by atoms with van der Waals surface area (Å²) in [6.45, 7) is 6.95. The minimum absolute atomic E-state index is 0.0733. The summed E-state index contributed by atoms with van der Waals surface area (Å²) in [5, 5.41) is 19.4. The number of sulfonamides is 1. The lowest BCUT2D eigenvalue weighted by molar-refractivity contribution is -0.125. The molecule has 19 nitrogen and oxygen atoms in total. The number of morpholine rings is 1. The van der Waals surface area contributed by atoms with Crippen LogP contribution in [0.3, 0.4) is 0 Å². The first-order chi connectivity index (χ1) is 30.2. The molecule has 0 radical (unpaired) electrons. The van der Waals surface area contributed by atoms with Crippen molar-refractivity contribution in [3.63, 3.8) is 0 Å². The molecule has 63 heavy (non-hydrogen) atoms. The van der Waals surface area contributed by atoms with Gasteiger partial charge in [-0.3, -0.25) is 14.4 Å². The van der Waals surface area contributed by atoms with Crippen molar-refractivity contribution >= 4 is 77.9 Å². The average Bonchev–Trinajstić information content (AvgIpc) is 3.27. The third kappa shape index (κ3) is 10.6. The largest absolute Gasteiger partial charge is 0.378 e. The number of aromatic nitrogens is 6. The third-order valence-corrected chi connectivity index (χ3v) is 11.1. The molecule has 5 aromatic heterocycles. The molecule has 0 spiro atoms. The number of nitrogen functional groups attached to an aromatic ring is 1. The molecule has 1 fully saturated rings. The molecule has 326 valence electrons. The summed E-state index contributed by atoms with van der Waals surface area (Å²) in [6.07, 6.45) is 6.32. The maximum absolute atomic E-state index is 12.6. The molecule has 0 unspecified atom stereocenters. The zero-order chi connectivity index (χ0) is 44.7. The number of carbonyl (C=O) groups excluding carboxylic acids is 1. The zero-order valence-electron chi connectivity index (χ0n) is 34.7. The molecule has 6 heterocycles. The molecule has 10 N–H and O–H groups in total. The molecule has 1 aliphatic heterocycles. The van der Waals surface area contributed by atoms with E-state index in [0.29, 0.717) is 58.1 Å². The predicted octanol–water partition coefficient (Wildman–Crippen LogP) is 3.93. The van der Waals surface area contributed by atoms with Gasteiger partial charge in [-0.05, 0) is 90.8 Å². The molecule has 1 saturated heterocycles. The smallest absolute Gasteiger partial charge is 0.259 e. The van der Waals surface area contributed by atoms with Gasteiger partial charge in [0.25, 0.3) is 11.1 Å². The Kier molecular flexibility index (Phi) is 12.9. The van der Waals surface area contributed by atoms with Crippen LogP contribution in [0.25, 0.3) is 32.8 Å². The Morgan fingerprint density at radius 2 is 1.38 bits per heavy atom.